The number of nitro groups is 1. The van der Waals surface area contributed by atoms with Crippen LogP contribution in [0.2, 0.25) is 0 Å². The van der Waals surface area contributed by atoms with Crippen molar-refractivity contribution in [3.05, 3.63) is 90.4 Å². The average molecular weight is 618 g/mol. The summed E-state index contributed by atoms with van der Waals surface area (Å²) in [6.07, 6.45) is 0.0118. The molecule has 4 rings (SSSR count). The predicted molar refractivity (Wildman–Crippen MR) is 141 cm³/mol. The Morgan fingerprint density at radius 2 is 1.86 bits per heavy atom. The molecule has 0 N–H and O–H groups in total. The van der Waals surface area contributed by atoms with E-state index in [4.69, 9.17) is 11.3 Å². The van der Waals surface area contributed by atoms with Crippen LogP contribution in [0.3, 0.4) is 0 Å². The minimum atomic E-state index is -0.390. The van der Waals surface area contributed by atoms with Gasteiger partial charge in [0.25, 0.3) is 11.4 Å². The molecule has 186 valence electrons. The number of halogens is 2. The normalized spacial score (nSPS) is 13.4. The van der Waals surface area contributed by atoms with Gasteiger partial charge in [0, 0.05) is 50.0 Å². The lowest BCUT2D eigenvalue weighted by Gasteiger charge is -2.35. The zero-order chi connectivity index (χ0) is 25.7. The quantitative estimate of drug-likeness (QED) is 0.195. The molecule has 1 fully saturated rings. The van der Waals surface area contributed by atoms with Crippen molar-refractivity contribution in [2.24, 2.45) is 0 Å². The van der Waals surface area contributed by atoms with Gasteiger partial charge < -0.3 is 14.5 Å². The first-order valence-electron chi connectivity index (χ1n) is 11.1. The number of nitro benzene ring substituents is 1. The van der Waals surface area contributed by atoms with Gasteiger partial charge in [-0.15, -0.1) is 0 Å². The van der Waals surface area contributed by atoms with Crippen LogP contribution >= 0.6 is 31.9 Å². The number of carbonyl (C=O) groups excluding carboxylic acids is 1. The van der Waals surface area contributed by atoms with Crippen LogP contribution < -0.4 is 4.90 Å². The lowest BCUT2D eigenvalue weighted by atomic mass is 10.1. The topological polar surface area (TPSA) is 98.1 Å². The summed E-state index contributed by atoms with van der Waals surface area (Å²) in [6, 6.07) is 14.6. The zero-order valence-corrected chi connectivity index (χ0v) is 22.3. The molecule has 1 aromatic heterocycles. The van der Waals surface area contributed by atoms with Crippen molar-refractivity contribution >= 4 is 55.0 Å². The number of hydrogen-bond donors (Lipinski definition) is 0. The van der Waals surface area contributed by atoms with Gasteiger partial charge in [-0.1, -0.05) is 30.3 Å². The van der Waals surface area contributed by atoms with E-state index >= 15 is 0 Å². The molecule has 0 radical (unpaired) electrons. The number of aryl methyl sites for hydroxylation is 2. The summed E-state index contributed by atoms with van der Waals surface area (Å²) >= 11 is 6.64. The van der Waals surface area contributed by atoms with Crippen molar-refractivity contribution in [1.82, 2.24) is 14.7 Å². The molecule has 2 aromatic carbocycles. The molecule has 0 bridgehead atoms. The van der Waals surface area contributed by atoms with Crippen LogP contribution in [0.4, 0.5) is 21.9 Å². The molecule has 0 unspecified atom stereocenters. The van der Waals surface area contributed by atoms with Crippen LogP contribution in [0.15, 0.2) is 57.7 Å². The number of anilines is 1. The first-order valence-corrected chi connectivity index (χ1v) is 12.7. The van der Waals surface area contributed by atoms with Crippen LogP contribution in [0, 0.1) is 16.7 Å². The summed E-state index contributed by atoms with van der Waals surface area (Å²) < 4.78 is 7.99. The largest absolute Gasteiger partial charge is 0.445 e. The molecule has 1 aliphatic heterocycles. The molecule has 1 aliphatic rings. The Kier molecular flexibility index (Phi) is 8.22. The van der Waals surface area contributed by atoms with Crippen molar-refractivity contribution in [3.8, 4) is 0 Å². The molecule has 2 heterocycles. The number of aromatic nitrogens is 2. The molecule has 12 heteroatoms. The molecule has 1 amide bonds. The number of amides is 1. The van der Waals surface area contributed by atoms with Crippen LogP contribution in [0.25, 0.3) is 4.85 Å². The number of piperazine rings is 1. The fourth-order valence-corrected chi connectivity index (χ4v) is 5.24. The van der Waals surface area contributed by atoms with Gasteiger partial charge in [-0.2, -0.15) is 5.10 Å². The Labute approximate surface area is 224 Å². The van der Waals surface area contributed by atoms with Gasteiger partial charge in [-0.3, -0.25) is 14.8 Å². The van der Waals surface area contributed by atoms with Crippen LogP contribution in [0.1, 0.15) is 11.1 Å². The van der Waals surface area contributed by atoms with Crippen LogP contribution in [-0.2, 0) is 24.3 Å². The van der Waals surface area contributed by atoms with E-state index in [2.05, 4.69) is 46.7 Å². The van der Waals surface area contributed by atoms with Gasteiger partial charge >= 0.3 is 6.09 Å². The molecule has 0 aliphatic carbocycles. The van der Waals surface area contributed by atoms with Crippen LogP contribution in [-0.4, -0.2) is 51.9 Å². The van der Waals surface area contributed by atoms with Gasteiger partial charge in [0.2, 0.25) is 0 Å². The Balaban J connectivity index is 1.39. The maximum atomic E-state index is 12.5. The second kappa shape index (κ2) is 11.5. The summed E-state index contributed by atoms with van der Waals surface area (Å²) in [5.74, 6) is 0. The van der Waals surface area contributed by atoms with Crippen LogP contribution in [0.5, 0.6) is 0 Å². The maximum Gasteiger partial charge on any atom is 0.410 e. The summed E-state index contributed by atoms with van der Waals surface area (Å²) in [6.45, 7) is 10.0. The molecular formula is C24H22Br2N6O4. The fourth-order valence-electron chi connectivity index (χ4n) is 3.98. The van der Waals surface area contributed by atoms with E-state index in [0.717, 1.165) is 11.3 Å². The predicted octanol–water partition coefficient (Wildman–Crippen LogP) is 5.57. The minimum Gasteiger partial charge on any atom is -0.445 e. The summed E-state index contributed by atoms with van der Waals surface area (Å²) in [5.41, 5.74) is 2.76. The second-order valence-electron chi connectivity index (χ2n) is 8.10. The molecule has 36 heavy (non-hydrogen) atoms. The molecule has 10 nitrogen and oxygen atoms in total. The number of ether oxygens (including phenoxy) is 1. The first-order chi connectivity index (χ1) is 17.4. The van der Waals surface area contributed by atoms with E-state index in [1.54, 1.807) is 15.6 Å². The monoisotopic (exact) mass is 616 g/mol. The van der Waals surface area contributed by atoms with Gasteiger partial charge in [0.05, 0.1) is 11.5 Å². The molecule has 0 saturated carbocycles. The van der Waals surface area contributed by atoms with Gasteiger partial charge in [0.15, 0.2) is 0 Å². The summed E-state index contributed by atoms with van der Waals surface area (Å²) in [4.78, 5) is 30.9. The Bertz CT molecular complexity index is 1300. The third-order valence-corrected chi connectivity index (χ3v) is 7.22. The number of hydrogen-bond acceptors (Lipinski definition) is 6. The third-order valence-electron chi connectivity index (χ3n) is 5.90. The standard InChI is InChI=1S/C24H22Br2N6O4/c1-27-21-22(25)28-31(23(21)26)10-9-18-15-19(7-8-20(18)32(34)35)29-11-13-30(14-12-29)24(33)36-16-17-5-3-2-4-6-17/h2-8,15H,9-14,16H2. The number of rotatable bonds is 7. The van der Waals surface area contributed by atoms with Crippen molar-refractivity contribution < 1.29 is 14.5 Å². The number of carbonyl (C=O) groups is 1. The number of nitrogens with zero attached hydrogens (tertiary/aromatic N) is 6. The highest BCUT2D eigenvalue weighted by molar-refractivity contribution is 9.11. The highest BCUT2D eigenvalue weighted by atomic mass is 79.9. The maximum absolute atomic E-state index is 12.5. The van der Waals surface area contributed by atoms with E-state index in [-0.39, 0.29) is 18.4 Å². The molecule has 0 atom stereocenters. The van der Waals surface area contributed by atoms with Crippen molar-refractivity contribution in [3.63, 3.8) is 0 Å². The molecular weight excluding hydrogens is 596 g/mol. The summed E-state index contributed by atoms with van der Waals surface area (Å²) in [5, 5.41) is 15.9. The third kappa shape index (κ3) is 5.85. The van der Waals surface area contributed by atoms with E-state index in [0.29, 0.717) is 59.6 Å². The highest BCUT2D eigenvalue weighted by Gasteiger charge is 2.24. The first kappa shape index (κ1) is 25.7. The van der Waals surface area contributed by atoms with Crippen molar-refractivity contribution in [1.29, 1.82) is 0 Å². The SMILES string of the molecule is [C-]#[N+]c1c(Br)nn(CCc2cc(N3CCN(C(=O)OCc4ccccc4)CC3)ccc2[N+](=O)[O-])c1Br. The lowest BCUT2D eigenvalue weighted by Crippen LogP contribution is -2.49. The second-order valence-corrected chi connectivity index (χ2v) is 9.60. The molecule has 1 saturated heterocycles. The fraction of sp³-hybridized carbons (Fsp3) is 0.292. The Hall–Kier alpha value is -3.43. The Morgan fingerprint density at radius 3 is 2.50 bits per heavy atom. The highest BCUT2D eigenvalue weighted by Crippen LogP contribution is 2.34. The lowest BCUT2D eigenvalue weighted by molar-refractivity contribution is -0.385. The molecule has 3 aromatic rings. The van der Waals surface area contributed by atoms with Crippen molar-refractivity contribution in [2.75, 3.05) is 31.1 Å². The van der Waals surface area contributed by atoms with Gasteiger partial charge in [-0.05, 0) is 56.0 Å². The van der Waals surface area contributed by atoms with E-state index in [1.807, 2.05) is 36.4 Å². The number of benzene rings is 2. The van der Waals surface area contributed by atoms with Crippen molar-refractivity contribution in [2.45, 2.75) is 19.6 Å². The minimum absolute atomic E-state index is 0.0367. The molecule has 0 spiro atoms. The van der Waals surface area contributed by atoms with Gasteiger partial charge in [0.1, 0.15) is 15.8 Å². The van der Waals surface area contributed by atoms with Gasteiger partial charge in [-0.25, -0.2) is 9.64 Å². The van der Waals surface area contributed by atoms with E-state index in [1.165, 1.54) is 6.07 Å². The smallest absolute Gasteiger partial charge is 0.410 e. The zero-order valence-electron chi connectivity index (χ0n) is 19.1. The Morgan fingerprint density at radius 1 is 1.14 bits per heavy atom. The average Bonchev–Trinajstić information content (AvgIpc) is 3.18. The summed E-state index contributed by atoms with van der Waals surface area (Å²) in [7, 11) is 0. The van der Waals surface area contributed by atoms with E-state index < -0.39 is 4.92 Å². The van der Waals surface area contributed by atoms with E-state index in [9.17, 15) is 14.9 Å².